The summed E-state index contributed by atoms with van der Waals surface area (Å²) in [5, 5.41) is 3.09. The molecule has 0 radical (unpaired) electrons. The van der Waals surface area contributed by atoms with Gasteiger partial charge in [0.1, 0.15) is 5.82 Å². The predicted molar refractivity (Wildman–Crippen MR) is 83.1 cm³/mol. The highest BCUT2D eigenvalue weighted by molar-refractivity contribution is 6.31. The zero-order valence-corrected chi connectivity index (χ0v) is 12.7. The van der Waals surface area contributed by atoms with Gasteiger partial charge in [-0.25, -0.2) is 4.39 Å². The van der Waals surface area contributed by atoms with E-state index in [0.29, 0.717) is 22.1 Å². The maximum absolute atomic E-state index is 12.9. The van der Waals surface area contributed by atoms with E-state index in [4.69, 9.17) is 11.6 Å². The van der Waals surface area contributed by atoms with Crippen LogP contribution in [0.3, 0.4) is 0 Å². The lowest BCUT2D eigenvalue weighted by atomic mass is 10.0. The van der Waals surface area contributed by atoms with Crippen molar-refractivity contribution in [2.45, 2.75) is 26.3 Å². The number of benzene rings is 2. The standard InChI is InChI=1S/C17H17ClFNO/c1-11(2)12-3-5-13(6-4-12)17(21)20-10-14-7-8-15(19)9-16(14)18/h3-9,11H,10H2,1-2H3,(H,20,21). The van der Waals surface area contributed by atoms with Crippen molar-refractivity contribution in [3.63, 3.8) is 0 Å². The highest BCUT2D eigenvalue weighted by Crippen LogP contribution is 2.17. The molecule has 0 aliphatic heterocycles. The van der Waals surface area contributed by atoms with Crippen molar-refractivity contribution in [3.05, 3.63) is 70.0 Å². The molecule has 110 valence electrons. The molecule has 0 atom stereocenters. The predicted octanol–water partition coefficient (Wildman–Crippen LogP) is 4.53. The summed E-state index contributed by atoms with van der Waals surface area (Å²) in [6, 6.07) is 11.6. The number of carbonyl (C=O) groups is 1. The van der Waals surface area contributed by atoms with Crippen molar-refractivity contribution in [2.24, 2.45) is 0 Å². The zero-order chi connectivity index (χ0) is 15.4. The maximum atomic E-state index is 12.9. The highest BCUT2D eigenvalue weighted by atomic mass is 35.5. The van der Waals surface area contributed by atoms with E-state index in [1.807, 2.05) is 12.1 Å². The number of nitrogens with one attached hydrogen (secondary N) is 1. The molecule has 21 heavy (non-hydrogen) atoms. The third-order valence-electron chi connectivity index (χ3n) is 3.29. The first-order chi connectivity index (χ1) is 9.97. The maximum Gasteiger partial charge on any atom is 0.251 e. The average Bonchev–Trinajstić information content (AvgIpc) is 2.46. The van der Waals surface area contributed by atoms with Gasteiger partial charge in [-0.1, -0.05) is 43.6 Å². The molecular weight excluding hydrogens is 289 g/mol. The molecule has 4 heteroatoms. The monoisotopic (exact) mass is 305 g/mol. The fourth-order valence-corrected chi connectivity index (χ4v) is 2.20. The van der Waals surface area contributed by atoms with Crippen molar-refractivity contribution < 1.29 is 9.18 Å². The number of hydrogen-bond donors (Lipinski definition) is 1. The molecule has 1 N–H and O–H groups in total. The Hall–Kier alpha value is -1.87. The molecule has 0 spiro atoms. The number of halogens is 2. The molecule has 2 nitrogen and oxygen atoms in total. The second-order valence-corrected chi connectivity index (χ2v) is 5.60. The lowest BCUT2D eigenvalue weighted by Gasteiger charge is -2.09. The molecule has 0 aromatic heterocycles. The van der Waals surface area contributed by atoms with Gasteiger partial charge in [0, 0.05) is 17.1 Å². The van der Waals surface area contributed by atoms with E-state index in [-0.39, 0.29) is 18.3 Å². The third-order valence-corrected chi connectivity index (χ3v) is 3.65. The highest BCUT2D eigenvalue weighted by Gasteiger charge is 2.08. The molecule has 2 rings (SSSR count). The van der Waals surface area contributed by atoms with E-state index in [1.54, 1.807) is 18.2 Å². The lowest BCUT2D eigenvalue weighted by Crippen LogP contribution is -2.22. The van der Waals surface area contributed by atoms with Gasteiger partial charge in [0.2, 0.25) is 0 Å². The van der Waals surface area contributed by atoms with Crippen LogP contribution in [0.15, 0.2) is 42.5 Å². The normalized spacial score (nSPS) is 10.7. The van der Waals surface area contributed by atoms with Crippen LogP contribution in [0.4, 0.5) is 4.39 Å². The lowest BCUT2D eigenvalue weighted by molar-refractivity contribution is 0.0951. The summed E-state index contributed by atoms with van der Waals surface area (Å²) in [5.41, 5.74) is 2.47. The van der Waals surface area contributed by atoms with Crippen molar-refractivity contribution >= 4 is 17.5 Å². The summed E-state index contributed by atoms with van der Waals surface area (Å²) in [4.78, 5) is 12.0. The van der Waals surface area contributed by atoms with E-state index in [2.05, 4.69) is 19.2 Å². The quantitative estimate of drug-likeness (QED) is 0.883. The number of carbonyl (C=O) groups excluding carboxylic acids is 1. The first kappa shape index (κ1) is 15.5. The molecule has 0 heterocycles. The summed E-state index contributed by atoms with van der Waals surface area (Å²) < 4.78 is 12.9. The molecular formula is C17H17ClFNO. The number of hydrogen-bond acceptors (Lipinski definition) is 1. The minimum absolute atomic E-state index is 0.175. The Balaban J connectivity index is 2.01. The van der Waals surface area contributed by atoms with Crippen molar-refractivity contribution in [1.82, 2.24) is 5.32 Å². The largest absolute Gasteiger partial charge is 0.348 e. The van der Waals surface area contributed by atoms with Crippen LogP contribution in [0.2, 0.25) is 5.02 Å². The van der Waals surface area contributed by atoms with Crippen LogP contribution < -0.4 is 5.32 Å². The Morgan fingerprint density at radius 2 is 1.86 bits per heavy atom. The average molecular weight is 306 g/mol. The van der Waals surface area contributed by atoms with Crippen LogP contribution in [0.5, 0.6) is 0 Å². The van der Waals surface area contributed by atoms with E-state index in [0.717, 1.165) is 0 Å². The van der Waals surface area contributed by atoms with Crippen LogP contribution in [-0.2, 0) is 6.54 Å². The summed E-state index contributed by atoms with van der Waals surface area (Å²) >= 11 is 5.92. The first-order valence-electron chi connectivity index (χ1n) is 6.79. The number of amides is 1. The molecule has 0 aliphatic rings. The Bertz CT molecular complexity index is 638. The van der Waals surface area contributed by atoms with Gasteiger partial charge in [-0.05, 0) is 41.3 Å². The van der Waals surface area contributed by atoms with Gasteiger partial charge >= 0.3 is 0 Å². The molecule has 2 aromatic carbocycles. The molecule has 0 saturated carbocycles. The fraction of sp³-hybridized carbons (Fsp3) is 0.235. The molecule has 1 amide bonds. The Morgan fingerprint density at radius 3 is 2.43 bits per heavy atom. The molecule has 0 saturated heterocycles. The van der Waals surface area contributed by atoms with Gasteiger partial charge < -0.3 is 5.32 Å². The van der Waals surface area contributed by atoms with E-state index in [1.165, 1.54) is 17.7 Å². The fourth-order valence-electron chi connectivity index (χ4n) is 1.96. The van der Waals surface area contributed by atoms with Crippen LogP contribution >= 0.6 is 11.6 Å². The van der Waals surface area contributed by atoms with E-state index in [9.17, 15) is 9.18 Å². The SMILES string of the molecule is CC(C)c1ccc(C(=O)NCc2ccc(F)cc2Cl)cc1. The van der Waals surface area contributed by atoms with Crippen molar-refractivity contribution in [1.29, 1.82) is 0 Å². The summed E-state index contributed by atoms with van der Waals surface area (Å²) in [6.45, 7) is 4.47. The Labute approximate surface area is 128 Å². The summed E-state index contributed by atoms with van der Waals surface area (Å²) in [6.07, 6.45) is 0. The molecule has 0 aliphatic carbocycles. The van der Waals surface area contributed by atoms with Gasteiger partial charge in [0.05, 0.1) is 0 Å². The van der Waals surface area contributed by atoms with Crippen molar-refractivity contribution in [3.8, 4) is 0 Å². The van der Waals surface area contributed by atoms with Gasteiger partial charge in [-0.15, -0.1) is 0 Å². The second-order valence-electron chi connectivity index (χ2n) is 5.20. The van der Waals surface area contributed by atoms with Crippen LogP contribution in [0, 0.1) is 5.82 Å². The van der Waals surface area contributed by atoms with Gasteiger partial charge in [0.25, 0.3) is 5.91 Å². The Morgan fingerprint density at radius 1 is 1.19 bits per heavy atom. The number of rotatable bonds is 4. The first-order valence-corrected chi connectivity index (χ1v) is 7.17. The minimum Gasteiger partial charge on any atom is -0.348 e. The van der Waals surface area contributed by atoms with Crippen LogP contribution in [-0.4, -0.2) is 5.91 Å². The Kier molecular flexibility index (Phi) is 4.97. The van der Waals surface area contributed by atoms with Crippen LogP contribution in [0.25, 0.3) is 0 Å². The van der Waals surface area contributed by atoms with Gasteiger partial charge in [0.15, 0.2) is 0 Å². The molecule has 0 unspecified atom stereocenters. The smallest absolute Gasteiger partial charge is 0.251 e. The summed E-state index contributed by atoms with van der Waals surface area (Å²) in [7, 11) is 0. The zero-order valence-electron chi connectivity index (χ0n) is 12.0. The topological polar surface area (TPSA) is 29.1 Å². The molecule has 2 aromatic rings. The third kappa shape index (κ3) is 4.05. The molecule has 0 bridgehead atoms. The van der Waals surface area contributed by atoms with E-state index < -0.39 is 0 Å². The van der Waals surface area contributed by atoms with Gasteiger partial charge in [-0.3, -0.25) is 4.79 Å². The van der Waals surface area contributed by atoms with Gasteiger partial charge in [-0.2, -0.15) is 0 Å². The van der Waals surface area contributed by atoms with Crippen molar-refractivity contribution in [2.75, 3.05) is 0 Å². The van der Waals surface area contributed by atoms with Crippen LogP contribution in [0.1, 0.15) is 41.3 Å². The molecule has 0 fully saturated rings. The van der Waals surface area contributed by atoms with E-state index >= 15 is 0 Å². The second kappa shape index (κ2) is 6.72. The summed E-state index contributed by atoms with van der Waals surface area (Å²) in [5.74, 6) is -0.134. The minimum atomic E-state index is -0.389.